The van der Waals surface area contributed by atoms with E-state index >= 15 is 0 Å². The molecule has 0 radical (unpaired) electrons. The van der Waals surface area contributed by atoms with Crippen LogP contribution in [-0.4, -0.2) is 20.5 Å². The third-order valence-electron chi connectivity index (χ3n) is 3.06. The standard InChI is InChI=1S/C17H13N3O/c21-17(15-9-5-2-6-10-15)11-16(20-13-18-12-19-20)14-7-3-1-4-8-14/h1-13H/b16-11+. The van der Waals surface area contributed by atoms with Gasteiger partial charge in [-0.1, -0.05) is 60.7 Å². The molecular weight excluding hydrogens is 262 g/mol. The topological polar surface area (TPSA) is 47.8 Å². The minimum Gasteiger partial charge on any atom is -0.289 e. The molecular formula is C17H13N3O. The number of nitrogens with zero attached hydrogens (tertiary/aromatic N) is 3. The Morgan fingerprint density at radius 3 is 2.10 bits per heavy atom. The van der Waals surface area contributed by atoms with Gasteiger partial charge >= 0.3 is 0 Å². The highest BCUT2D eigenvalue weighted by Gasteiger charge is 2.09. The van der Waals surface area contributed by atoms with E-state index in [2.05, 4.69) is 10.1 Å². The van der Waals surface area contributed by atoms with E-state index in [-0.39, 0.29) is 5.78 Å². The molecule has 0 aliphatic carbocycles. The third kappa shape index (κ3) is 2.95. The zero-order valence-electron chi connectivity index (χ0n) is 11.3. The molecule has 3 rings (SSSR count). The minimum absolute atomic E-state index is 0.0649. The van der Waals surface area contributed by atoms with E-state index in [4.69, 9.17) is 0 Å². The zero-order chi connectivity index (χ0) is 14.5. The lowest BCUT2D eigenvalue weighted by Crippen LogP contribution is -2.04. The van der Waals surface area contributed by atoms with Gasteiger partial charge in [0.2, 0.25) is 0 Å². The first-order valence-electron chi connectivity index (χ1n) is 6.56. The highest BCUT2D eigenvalue weighted by atomic mass is 16.1. The van der Waals surface area contributed by atoms with Crippen LogP contribution in [0.25, 0.3) is 5.70 Å². The van der Waals surface area contributed by atoms with Crippen LogP contribution in [0.4, 0.5) is 0 Å². The van der Waals surface area contributed by atoms with Gasteiger partial charge in [0.25, 0.3) is 0 Å². The predicted octanol–water partition coefficient (Wildman–Crippen LogP) is 3.05. The van der Waals surface area contributed by atoms with Crippen molar-refractivity contribution in [2.45, 2.75) is 0 Å². The van der Waals surface area contributed by atoms with E-state index in [0.717, 1.165) is 5.56 Å². The molecule has 1 heterocycles. The van der Waals surface area contributed by atoms with E-state index in [1.165, 1.54) is 6.33 Å². The van der Waals surface area contributed by atoms with Crippen molar-refractivity contribution in [2.75, 3.05) is 0 Å². The fourth-order valence-electron chi connectivity index (χ4n) is 2.03. The number of benzene rings is 2. The van der Waals surface area contributed by atoms with Gasteiger partial charge in [-0.05, 0) is 0 Å². The number of hydrogen-bond donors (Lipinski definition) is 0. The lowest BCUT2D eigenvalue weighted by molar-refractivity contribution is 0.104. The molecule has 0 aliphatic rings. The van der Waals surface area contributed by atoms with Crippen LogP contribution in [0.1, 0.15) is 15.9 Å². The van der Waals surface area contributed by atoms with Crippen LogP contribution in [0.5, 0.6) is 0 Å². The van der Waals surface area contributed by atoms with Gasteiger partial charge in [0.05, 0.1) is 5.70 Å². The Labute approximate surface area is 122 Å². The van der Waals surface area contributed by atoms with Crippen LogP contribution in [0.15, 0.2) is 79.4 Å². The van der Waals surface area contributed by atoms with Gasteiger partial charge in [-0.2, -0.15) is 5.10 Å². The Bertz CT molecular complexity index is 747. The first kappa shape index (κ1) is 13.0. The molecule has 0 N–H and O–H groups in total. The van der Waals surface area contributed by atoms with Gasteiger partial charge in [0.1, 0.15) is 12.7 Å². The summed E-state index contributed by atoms with van der Waals surface area (Å²) in [5, 5.41) is 4.12. The second kappa shape index (κ2) is 5.96. The second-order valence-electron chi connectivity index (χ2n) is 4.47. The fourth-order valence-corrected chi connectivity index (χ4v) is 2.03. The van der Waals surface area contributed by atoms with Gasteiger partial charge in [-0.15, -0.1) is 0 Å². The van der Waals surface area contributed by atoms with Crippen LogP contribution < -0.4 is 0 Å². The van der Waals surface area contributed by atoms with Crippen LogP contribution in [0, 0.1) is 0 Å². The van der Waals surface area contributed by atoms with Gasteiger partial charge in [0, 0.05) is 17.2 Å². The largest absolute Gasteiger partial charge is 0.289 e. The maximum absolute atomic E-state index is 12.4. The van der Waals surface area contributed by atoms with Crippen LogP contribution in [0.2, 0.25) is 0 Å². The summed E-state index contributed by atoms with van der Waals surface area (Å²) in [7, 11) is 0. The number of rotatable bonds is 4. The maximum atomic E-state index is 12.4. The van der Waals surface area contributed by atoms with Crippen molar-refractivity contribution in [3.05, 3.63) is 90.5 Å². The molecule has 0 saturated heterocycles. The number of ketones is 1. The van der Waals surface area contributed by atoms with E-state index in [1.54, 1.807) is 29.2 Å². The van der Waals surface area contributed by atoms with Crippen molar-refractivity contribution in [3.8, 4) is 0 Å². The first-order chi connectivity index (χ1) is 10.3. The smallest absolute Gasteiger partial charge is 0.188 e. The Morgan fingerprint density at radius 2 is 1.52 bits per heavy atom. The monoisotopic (exact) mass is 275 g/mol. The number of hydrogen-bond acceptors (Lipinski definition) is 3. The molecule has 0 bridgehead atoms. The highest BCUT2D eigenvalue weighted by Crippen LogP contribution is 2.16. The third-order valence-corrected chi connectivity index (χ3v) is 3.06. The molecule has 4 nitrogen and oxygen atoms in total. The first-order valence-corrected chi connectivity index (χ1v) is 6.56. The van der Waals surface area contributed by atoms with E-state index in [9.17, 15) is 4.79 Å². The van der Waals surface area contributed by atoms with Crippen molar-refractivity contribution in [2.24, 2.45) is 0 Å². The predicted molar refractivity (Wildman–Crippen MR) is 80.6 cm³/mol. The molecule has 0 aliphatic heterocycles. The Kier molecular flexibility index (Phi) is 3.69. The highest BCUT2D eigenvalue weighted by molar-refractivity contribution is 6.08. The van der Waals surface area contributed by atoms with Crippen molar-refractivity contribution in [3.63, 3.8) is 0 Å². The summed E-state index contributed by atoms with van der Waals surface area (Å²) >= 11 is 0. The molecule has 0 saturated carbocycles. The maximum Gasteiger partial charge on any atom is 0.188 e. The van der Waals surface area contributed by atoms with E-state index in [0.29, 0.717) is 11.3 Å². The quantitative estimate of drug-likeness (QED) is 0.543. The molecule has 0 spiro atoms. The van der Waals surface area contributed by atoms with Gasteiger partial charge in [0.15, 0.2) is 5.78 Å². The summed E-state index contributed by atoms with van der Waals surface area (Å²) < 4.78 is 1.59. The molecule has 4 heteroatoms. The average Bonchev–Trinajstić information content (AvgIpc) is 3.08. The Morgan fingerprint density at radius 1 is 0.905 bits per heavy atom. The van der Waals surface area contributed by atoms with Gasteiger partial charge in [-0.25, -0.2) is 9.67 Å². The van der Waals surface area contributed by atoms with Gasteiger partial charge < -0.3 is 0 Å². The zero-order valence-corrected chi connectivity index (χ0v) is 11.3. The summed E-state index contributed by atoms with van der Waals surface area (Å²) in [6.07, 6.45) is 4.61. The molecule has 0 unspecified atom stereocenters. The minimum atomic E-state index is -0.0649. The normalized spacial score (nSPS) is 11.3. The summed E-state index contributed by atoms with van der Waals surface area (Å²) in [6.45, 7) is 0. The fraction of sp³-hybridized carbons (Fsp3) is 0. The van der Waals surface area contributed by atoms with E-state index < -0.39 is 0 Å². The van der Waals surface area contributed by atoms with Gasteiger partial charge in [-0.3, -0.25) is 4.79 Å². The molecule has 1 aromatic heterocycles. The Hall–Kier alpha value is -3.01. The second-order valence-corrected chi connectivity index (χ2v) is 4.47. The summed E-state index contributed by atoms with van der Waals surface area (Å²) in [4.78, 5) is 16.3. The summed E-state index contributed by atoms with van der Waals surface area (Å²) in [5.41, 5.74) is 2.25. The average molecular weight is 275 g/mol. The van der Waals surface area contributed by atoms with Crippen molar-refractivity contribution < 1.29 is 4.79 Å². The molecule has 0 amide bonds. The van der Waals surface area contributed by atoms with Crippen molar-refractivity contribution in [1.82, 2.24) is 14.8 Å². The van der Waals surface area contributed by atoms with Crippen LogP contribution in [0.3, 0.4) is 0 Å². The molecule has 21 heavy (non-hydrogen) atoms. The molecule has 0 fully saturated rings. The molecule has 0 atom stereocenters. The molecule has 3 aromatic rings. The van der Waals surface area contributed by atoms with Crippen LogP contribution in [-0.2, 0) is 0 Å². The number of carbonyl (C=O) groups is 1. The van der Waals surface area contributed by atoms with E-state index in [1.807, 2.05) is 48.5 Å². The summed E-state index contributed by atoms with van der Waals surface area (Å²) in [5.74, 6) is -0.0649. The van der Waals surface area contributed by atoms with Crippen LogP contribution >= 0.6 is 0 Å². The molecule has 102 valence electrons. The lowest BCUT2D eigenvalue weighted by atomic mass is 10.1. The number of allylic oxidation sites excluding steroid dienone is 1. The van der Waals surface area contributed by atoms with Crippen molar-refractivity contribution >= 4 is 11.5 Å². The summed E-state index contributed by atoms with van der Waals surface area (Å²) in [6, 6.07) is 18.8. The molecule has 2 aromatic carbocycles. The Balaban J connectivity index is 2.04. The van der Waals surface area contributed by atoms with Crippen molar-refractivity contribution in [1.29, 1.82) is 0 Å². The number of aromatic nitrogens is 3. The SMILES string of the molecule is O=C(/C=C(\c1ccccc1)n1cncn1)c1ccccc1. The lowest BCUT2D eigenvalue weighted by Gasteiger charge is -2.07. The number of carbonyl (C=O) groups excluding carboxylic acids is 1.